The molecule has 0 amide bonds. The zero-order valence-electron chi connectivity index (χ0n) is 10.2. The van der Waals surface area contributed by atoms with E-state index in [2.05, 4.69) is 4.72 Å². The molecule has 0 spiro atoms. The smallest absolute Gasteiger partial charge is 0.307 e. The Bertz CT molecular complexity index is 363. The topological polar surface area (TPSA) is 86.7 Å². The van der Waals surface area contributed by atoms with Gasteiger partial charge in [0.25, 0.3) is 10.2 Å². The van der Waals surface area contributed by atoms with E-state index in [0.717, 1.165) is 19.3 Å². The first-order valence-corrected chi connectivity index (χ1v) is 7.29. The fourth-order valence-electron chi connectivity index (χ4n) is 1.73. The lowest BCUT2D eigenvalue weighted by Crippen LogP contribution is -2.49. The predicted octanol–water partition coefficient (Wildman–Crippen LogP) is 0.416. The van der Waals surface area contributed by atoms with E-state index in [0.29, 0.717) is 13.1 Å². The molecule has 0 aromatic rings. The first-order chi connectivity index (χ1) is 7.84. The summed E-state index contributed by atoms with van der Waals surface area (Å²) in [7, 11) is -3.54. The molecule has 1 rings (SSSR count). The number of piperidine rings is 1. The van der Waals surface area contributed by atoms with E-state index >= 15 is 0 Å². The molecule has 0 bridgehead atoms. The highest BCUT2D eigenvalue weighted by atomic mass is 32.2. The van der Waals surface area contributed by atoms with Crippen molar-refractivity contribution in [2.45, 2.75) is 39.2 Å². The monoisotopic (exact) mass is 264 g/mol. The maximum Gasteiger partial charge on any atom is 0.307 e. The van der Waals surface area contributed by atoms with Gasteiger partial charge < -0.3 is 5.11 Å². The summed E-state index contributed by atoms with van der Waals surface area (Å²) in [6.07, 6.45) is 2.78. The van der Waals surface area contributed by atoms with E-state index in [-0.39, 0.29) is 0 Å². The maximum absolute atomic E-state index is 11.9. The van der Waals surface area contributed by atoms with Gasteiger partial charge >= 0.3 is 5.97 Å². The second-order valence-corrected chi connectivity index (χ2v) is 6.20. The zero-order valence-corrected chi connectivity index (χ0v) is 11.0. The molecular weight excluding hydrogens is 244 g/mol. The first kappa shape index (κ1) is 14.4. The number of carbonyl (C=O) groups is 1. The van der Waals surface area contributed by atoms with Crippen LogP contribution in [0.3, 0.4) is 0 Å². The summed E-state index contributed by atoms with van der Waals surface area (Å²) >= 11 is 0. The second-order valence-electron chi connectivity index (χ2n) is 4.50. The van der Waals surface area contributed by atoms with Crippen LogP contribution in [0.25, 0.3) is 0 Å². The number of nitrogens with zero attached hydrogens (tertiary/aromatic N) is 1. The standard InChI is InChI=1S/C10H20N2O4S/c1-8(10(13)14)9(2)11-17(15,16)12-6-4-3-5-7-12/h8-9,11H,3-7H2,1-2H3,(H,13,14). The molecule has 7 heteroatoms. The molecule has 2 N–H and O–H groups in total. The Labute approximate surface area is 102 Å². The SMILES string of the molecule is CC(NS(=O)(=O)N1CCCCC1)C(C)C(=O)O. The Morgan fingerprint density at radius 1 is 1.24 bits per heavy atom. The first-order valence-electron chi connectivity index (χ1n) is 5.85. The maximum atomic E-state index is 11.9. The van der Waals surface area contributed by atoms with Gasteiger partial charge in [-0.2, -0.15) is 17.4 Å². The van der Waals surface area contributed by atoms with Crippen molar-refractivity contribution in [1.29, 1.82) is 0 Å². The van der Waals surface area contributed by atoms with E-state index < -0.39 is 28.1 Å². The molecule has 6 nitrogen and oxygen atoms in total. The minimum atomic E-state index is -3.54. The normalized spacial score (nSPS) is 22.0. The molecule has 2 atom stereocenters. The Balaban J connectivity index is 2.62. The molecule has 0 saturated carbocycles. The lowest BCUT2D eigenvalue weighted by Gasteiger charge is -2.28. The van der Waals surface area contributed by atoms with Gasteiger partial charge in [0.05, 0.1) is 5.92 Å². The van der Waals surface area contributed by atoms with Crippen LogP contribution >= 0.6 is 0 Å². The van der Waals surface area contributed by atoms with Gasteiger partial charge in [0.2, 0.25) is 0 Å². The van der Waals surface area contributed by atoms with Crippen LogP contribution in [0.2, 0.25) is 0 Å². The summed E-state index contributed by atoms with van der Waals surface area (Å²) in [6.45, 7) is 4.10. The highest BCUT2D eigenvalue weighted by Gasteiger charge is 2.29. The number of hydrogen-bond donors (Lipinski definition) is 2. The number of nitrogens with one attached hydrogen (secondary N) is 1. The van der Waals surface area contributed by atoms with Crippen molar-refractivity contribution in [1.82, 2.24) is 9.03 Å². The highest BCUT2D eigenvalue weighted by molar-refractivity contribution is 7.87. The highest BCUT2D eigenvalue weighted by Crippen LogP contribution is 2.13. The van der Waals surface area contributed by atoms with Crippen LogP contribution in [0.4, 0.5) is 0 Å². The predicted molar refractivity (Wildman–Crippen MR) is 63.7 cm³/mol. The Morgan fingerprint density at radius 3 is 2.24 bits per heavy atom. The average Bonchev–Trinajstić information content (AvgIpc) is 2.28. The number of carboxylic acid groups (broad SMARTS) is 1. The van der Waals surface area contributed by atoms with Gasteiger partial charge in [-0.05, 0) is 19.8 Å². The van der Waals surface area contributed by atoms with Crippen molar-refractivity contribution in [3.05, 3.63) is 0 Å². The molecule has 100 valence electrons. The van der Waals surface area contributed by atoms with E-state index in [4.69, 9.17) is 5.11 Å². The van der Waals surface area contributed by atoms with Crippen LogP contribution in [-0.2, 0) is 15.0 Å². The van der Waals surface area contributed by atoms with Crippen LogP contribution in [0.1, 0.15) is 33.1 Å². The minimum absolute atomic E-state index is 0.517. The number of carboxylic acids is 1. The molecule has 1 aliphatic rings. The lowest BCUT2D eigenvalue weighted by atomic mass is 10.1. The quantitative estimate of drug-likeness (QED) is 0.753. The molecule has 17 heavy (non-hydrogen) atoms. The third kappa shape index (κ3) is 3.93. The zero-order chi connectivity index (χ0) is 13.1. The molecule has 2 unspecified atom stereocenters. The summed E-state index contributed by atoms with van der Waals surface area (Å²) in [5.74, 6) is -1.74. The third-order valence-corrected chi connectivity index (χ3v) is 4.84. The van der Waals surface area contributed by atoms with Crippen molar-refractivity contribution in [3.63, 3.8) is 0 Å². The third-order valence-electron chi connectivity index (χ3n) is 3.13. The summed E-state index contributed by atoms with van der Waals surface area (Å²) in [5, 5.41) is 8.81. The van der Waals surface area contributed by atoms with Gasteiger partial charge in [-0.1, -0.05) is 13.3 Å². The molecule has 0 aromatic carbocycles. The van der Waals surface area contributed by atoms with Crippen molar-refractivity contribution in [3.8, 4) is 0 Å². The molecule has 1 fully saturated rings. The Kier molecular flexibility index (Phi) is 4.91. The number of rotatable bonds is 5. The molecular formula is C10H20N2O4S. The lowest BCUT2D eigenvalue weighted by molar-refractivity contribution is -0.141. The summed E-state index contributed by atoms with van der Waals surface area (Å²) in [4.78, 5) is 10.8. The molecule has 0 aromatic heterocycles. The van der Waals surface area contributed by atoms with Gasteiger partial charge in [0.1, 0.15) is 0 Å². The van der Waals surface area contributed by atoms with Gasteiger partial charge in [0.15, 0.2) is 0 Å². The molecule has 1 heterocycles. The summed E-state index contributed by atoms with van der Waals surface area (Å²) < 4.78 is 27.7. The van der Waals surface area contributed by atoms with Gasteiger partial charge in [0, 0.05) is 19.1 Å². The van der Waals surface area contributed by atoms with Gasteiger partial charge in [-0.3, -0.25) is 4.79 Å². The van der Waals surface area contributed by atoms with Crippen LogP contribution in [0.15, 0.2) is 0 Å². The van der Waals surface area contributed by atoms with Crippen molar-refractivity contribution >= 4 is 16.2 Å². The average molecular weight is 264 g/mol. The van der Waals surface area contributed by atoms with E-state index in [1.54, 1.807) is 6.92 Å². The molecule has 1 saturated heterocycles. The van der Waals surface area contributed by atoms with Gasteiger partial charge in [-0.25, -0.2) is 0 Å². The van der Waals surface area contributed by atoms with Crippen LogP contribution in [0.5, 0.6) is 0 Å². The van der Waals surface area contributed by atoms with Crippen molar-refractivity contribution in [2.75, 3.05) is 13.1 Å². The van der Waals surface area contributed by atoms with Crippen LogP contribution in [0, 0.1) is 5.92 Å². The summed E-state index contributed by atoms with van der Waals surface area (Å²) in [5.41, 5.74) is 0. The van der Waals surface area contributed by atoms with E-state index in [1.165, 1.54) is 11.2 Å². The van der Waals surface area contributed by atoms with Crippen molar-refractivity contribution in [2.24, 2.45) is 5.92 Å². The Morgan fingerprint density at radius 2 is 1.76 bits per heavy atom. The number of aliphatic carboxylic acids is 1. The van der Waals surface area contributed by atoms with E-state index in [9.17, 15) is 13.2 Å². The van der Waals surface area contributed by atoms with E-state index in [1.807, 2.05) is 0 Å². The Hall–Kier alpha value is -0.660. The molecule has 0 radical (unpaired) electrons. The largest absolute Gasteiger partial charge is 0.481 e. The molecule has 1 aliphatic heterocycles. The fourth-order valence-corrected chi connectivity index (χ4v) is 3.29. The van der Waals surface area contributed by atoms with Crippen LogP contribution < -0.4 is 4.72 Å². The minimum Gasteiger partial charge on any atom is -0.481 e. The number of hydrogen-bond acceptors (Lipinski definition) is 3. The summed E-state index contributed by atoms with van der Waals surface area (Å²) in [6, 6.07) is -0.612. The fraction of sp³-hybridized carbons (Fsp3) is 0.900. The van der Waals surface area contributed by atoms with Crippen molar-refractivity contribution < 1.29 is 18.3 Å². The van der Waals surface area contributed by atoms with Crippen LogP contribution in [-0.4, -0.2) is 42.9 Å². The molecule has 0 aliphatic carbocycles. The van der Waals surface area contributed by atoms with Gasteiger partial charge in [-0.15, -0.1) is 0 Å². The second kappa shape index (κ2) is 5.79.